The molecule has 1 atom stereocenters. The summed E-state index contributed by atoms with van der Waals surface area (Å²) in [6.07, 6.45) is 1.23. The van der Waals surface area contributed by atoms with Crippen molar-refractivity contribution in [3.63, 3.8) is 0 Å². The maximum atomic E-state index is 11.9. The van der Waals surface area contributed by atoms with E-state index in [9.17, 15) is 9.59 Å². The van der Waals surface area contributed by atoms with Gasteiger partial charge in [-0.25, -0.2) is 0 Å². The maximum absolute atomic E-state index is 11.9. The van der Waals surface area contributed by atoms with E-state index in [0.29, 0.717) is 24.2 Å². The van der Waals surface area contributed by atoms with Crippen molar-refractivity contribution in [3.8, 4) is 0 Å². The number of nitrogens with one attached hydrogen (secondary N) is 2. The predicted molar refractivity (Wildman–Crippen MR) is 75.9 cm³/mol. The molecule has 0 fully saturated rings. The molecule has 0 bridgehead atoms. The lowest BCUT2D eigenvalue weighted by atomic mass is 10.0. The van der Waals surface area contributed by atoms with E-state index in [1.54, 1.807) is 31.3 Å². The second-order valence-corrected chi connectivity index (χ2v) is 4.39. The van der Waals surface area contributed by atoms with Crippen molar-refractivity contribution in [2.75, 3.05) is 18.9 Å². The molecule has 1 aromatic rings. The minimum Gasteiger partial charge on any atom is -0.355 e. The summed E-state index contributed by atoms with van der Waals surface area (Å²) in [5, 5.41) is 5.32. The Morgan fingerprint density at radius 3 is 2.58 bits per heavy atom. The van der Waals surface area contributed by atoms with Crippen LogP contribution in [0.1, 0.15) is 30.1 Å². The predicted octanol–water partition coefficient (Wildman–Crippen LogP) is 1.36. The monoisotopic (exact) mass is 263 g/mol. The molecule has 1 rings (SSSR count). The summed E-state index contributed by atoms with van der Waals surface area (Å²) in [5.74, 6) is -0.164. The molecular weight excluding hydrogens is 242 g/mol. The summed E-state index contributed by atoms with van der Waals surface area (Å²) in [5.41, 5.74) is 6.56. The van der Waals surface area contributed by atoms with E-state index in [-0.39, 0.29) is 17.7 Å². The molecule has 0 aliphatic rings. The summed E-state index contributed by atoms with van der Waals surface area (Å²) in [6.45, 7) is 2.49. The van der Waals surface area contributed by atoms with Crippen LogP contribution in [0.25, 0.3) is 0 Å². The van der Waals surface area contributed by atoms with Gasteiger partial charge in [-0.3, -0.25) is 9.59 Å². The molecule has 0 radical (unpaired) electrons. The first-order chi connectivity index (χ1) is 9.12. The van der Waals surface area contributed by atoms with Gasteiger partial charge in [-0.1, -0.05) is 25.5 Å². The summed E-state index contributed by atoms with van der Waals surface area (Å²) < 4.78 is 0. The van der Waals surface area contributed by atoms with Gasteiger partial charge in [-0.05, 0) is 24.6 Å². The molecule has 2 amide bonds. The third-order valence-electron chi connectivity index (χ3n) is 3.06. The number of anilines is 1. The van der Waals surface area contributed by atoms with Gasteiger partial charge in [-0.2, -0.15) is 0 Å². The van der Waals surface area contributed by atoms with Gasteiger partial charge in [0.25, 0.3) is 5.91 Å². The quantitative estimate of drug-likeness (QED) is 0.724. The van der Waals surface area contributed by atoms with Crippen molar-refractivity contribution < 1.29 is 9.59 Å². The minimum atomic E-state index is -0.221. The van der Waals surface area contributed by atoms with Crippen LogP contribution >= 0.6 is 0 Å². The minimum absolute atomic E-state index is 0.117. The first-order valence-electron chi connectivity index (χ1n) is 6.43. The average Bonchev–Trinajstić information content (AvgIpc) is 2.44. The highest BCUT2D eigenvalue weighted by molar-refractivity contribution is 6.03. The first-order valence-corrected chi connectivity index (χ1v) is 6.43. The van der Waals surface area contributed by atoms with Crippen LogP contribution in [0.15, 0.2) is 24.3 Å². The molecule has 0 heterocycles. The molecule has 4 N–H and O–H groups in total. The summed E-state index contributed by atoms with van der Waals surface area (Å²) in [7, 11) is 1.56. The van der Waals surface area contributed by atoms with E-state index in [4.69, 9.17) is 5.73 Å². The Morgan fingerprint density at radius 1 is 1.32 bits per heavy atom. The molecule has 1 aromatic carbocycles. The normalized spacial score (nSPS) is 11.7. The molecule has 0 aliphatic heterocycles. The van der Waals surface area contributed by atoms with Crippen LogP contribution in [0.2, 0.25) is 0 Å². The number of carbonyl (C=O) groups excluding carboxylic acids is 2. The molecule has 0 saturated carbocycles. The third kappa shape index (κ3) is 4.37. The Bertz CT molecular complexity index is 442. The molecule has 5 nitrogen and oxygen atoms in total. The molecule has 0 aliphatic carbocycles. The molecule has 1 unspecified atom stereocenters. The van der Waals surface area contributed by atoms with Gasteiger partial charge < -0.3 is 16.4 Å². The van der Waals surface area contributed by atoms with Gasteiger partial charge in [-0.15, -0.1) is 0 Å². The maximum Gasteiger partial charge on any atom is 0.253 e. The number of amides is 2. The summed E-state index contributed by atoms with van der Waals surface area (Å²) in [4.78, 5) is 23.6. The van der Waals surface area contributed by atoms with Gasteiger partial charge in [0, 0.05) is 13.5 Å². The first kappa shape index (κ1) is 15.2. The van der Waals surface area contributed by atoms with E-state index in [2.05, 4.69) is 10.6 Å². The molecule has 104 valence electrons. The topological polar surface area (TPSA) is 84.2 Å². The van der Waals surface area contributed by atoms with Crippen LogP contribution in [0.5, 0.6) is 0 Å². The fourth-order valence-electron chi connectivity index (χ4n) is 1.78. The fourth-order valence-corrected chi connectivity index (χ4v) is 1.78. The zero-order valence-electron chi connectivity index (χ0n) is 11.4. The molecule has 0 saturated heterocycles. The fraction of sp³-hybridized carbons (Fsp3) is 0.429. The van der Waals surface area contributed by atoms with E-state index in [1.165, 1.54) is 0 Å². The van der Waals surface area contributed by atoms with Crippen LogP contribution in [0, 0.1) is 5.92 Å². The Kier molecular flexibility index (Phi) is 6.02. The number of rotatable bonds is 6. The number of nitrogens with two attached hydrogens (primary N) is 1. The Morgan fingerprint density at radius 2 is 2.00 bits per heavy atom. The number of hydrogen-bond donors (Lipinski definition) is 3. The largest absolute Gasteiger partial charge is 0.355 e. The van der Waals surface area contributed by atoms with Crippen LogP contribution in [0.4, 0.5) is 5.69 Å². The van der Waals surface area contributed by atoms with Gasteiger partial charge >= 0.3 is 0 Å². The van der Waals surface area contributed by atoms with Crippen molar-refractivity contribution in [3.05, 3.63) is 29.8 Å². The van der Waals surface area contributed by atoms with E-state index >= 15 is 0 Å². The Balaban J connectivity index is 2.76. The average molecular weight is 263 g/mol. The highest BCUT2D eigenvalue weighted by Gasteiger charge is 2.14. The molecule has 5 heteroatoms. The number of para-hydroxylation sites is 1. The highest BCUT2D eigenvalue weighted by atomic mass is 16.2. The van der Waals surface area contributed by atoms with Crippen LogP contribution in [-0.2, 0) is 4.79 Å². The smallest absolute Gasteiger partial charge is 0.253 e. The standard InChI is InChI=1S/C14H21N3O2/c1-3-10(9-15)8-13(18)17-12-7-5-4-6-11(12)14(19)16-2/h4-7,10H,3,8-9,15H2,1-2H3,(H,16,19)(H,17,18). The lowest BCUT2D eigenvalue weighted by Crippen LogP contribution is -2.24. The second-order valence-electron chi connectivity index (χ2n) is 4.39. The zero-order valence-corrected chi connectivity index (χ0v) is 11.4. The molecule has 0 spiro atoms. The van der Waals surface area contributed by atoms with Gasteiger partial charge in [0.1, 0.15) is 0 Å². The van der Waals surface area contributed by atoms with Crippen molar-refractivity contribution >= 4 is 17.5 Å². The third-order valence-corrected chi connectivity index (χ3v) is 3.06. The second kappa shape index (κ2) is 7.53. The lowest BCUT2D eigenvalue weighted by Gasteiger charge is -2.13. The van der Waals surface area contributed by atoms with E-state index in [0.717, 1.165) is 6.42 Å². The highest BCUT2D eigenvalue weighted by Crippen LogP contribution is 2.16. The lowest BCUT2D eigenvalue weighted by molar-refractivity contribution is -0.117. The molecule has 19 heavy (non-hydrogen) atoms. The SMILES string of the molecule is CCC(CN)CC(=O)Nc1ccccc1C(=O)NC. The summed E-state index contributed by atoms with van der Waals surface area (Å²) in [6, 6.07) is 6.93. The van der Waals surface area contributed by atoms with Crippen molar-refractivity contribution in [2.45, 2.75) is 19.8 Å². The Labute approximate surface area is 113 Å². The van der Waals surface area contributed by atoms with Crippen molar-refractivity contribution in [2.24, 2.45) is 11.7 Å². The number of benzene rings is 1. The van der Waals surface area contributed by atoms with Crippen molar-refractivity contribution in [1.29, 1.82) is 0 Å². The van der Waals surface area contributed by atoms with E-state index < -0.39 is 0 Å². The van der Waals surface area contributed by atoms with Crippen LogP contribution in [-0.4, -0.2) is 25.4 Å². The molecular formula is C14H21N3O2. The number of carbonyl (C=O) groups is 2. The van der Waals surface area contributed by atoms with Gasteiger partial charge in [0.2, 0.25) is 5.91 Å². The van der Waals surface area contributed by atoms with Crippen molar-refractivity contribution in [1.82, 2.24) is 5.32 Å². The zero-order chi connectivity index (χ0) is 14.3. The van der Waals surface area contributed by atoms with Crippen LogP contribution < -0.4 is 16.4 Å². The summed E-state index contributed by atoms with van der Waals surface area (Å²) >= 11 is 0. The van der Waals surface area contributed by atoms with Gasteiger partial charge in [0.05, 0.1) is 11.3 Å². The van der Waals surface area contributed by atoms with E-state index in [1.807, 2.05) is 6.92 Å². The van der Waals surface area contributed by atoms with Crippen LogP contribution in [0.3, 0.4) is 0 Å². The Hall–Kier alpha value is -1.88. The number of hydrogen-bond acceptors (Lipinski definition) is 3. The van der Waals surface area contributed by atoms with Gasteiger partial charge in [0.15, 0.2) is 0 Å². The molecule has 0 aromatic heterocycles.